The van der Waals surface area contributed by atoms with Crippen molar-refractivity contribution >= 4 is 18.4 Å². The van der Waals surface area contributed by atoms with Gasteiger partial charge in [-0.1, -0.05) is 5.92 Å². The number of nitrogens with one attached hydrogen (secondary N) is 1. The van der Waals surface area contributed by atoms with Crippen LogP contribution in [-0.4, -0.2) is 24.2 Å². The van der Waals surface area contributed by atoms with Crippen LogP contribution in [0.15, 0.2) is 0 Å². The molecule has 0 amide bonds. The third-order valence-corrected chi connectivity index (χ3v) is 1.68. The van der Waals surface area contributed by atoms with Gasteiger partial charge < -0.3 is 10.4 Å². The zero-order chi connectivity index (χ0) is 8.10. The van der Waals surface area contributed by atoms with Gasteiger partial charge in [-0.2, -0.15) is 0 Å². The topological polar surface area (TPSA) is 49.3 Å². The number of aliphatic carboxylic acids is 1. The van der Waals surface area contributed by atoms with Gasteiger partial charge in [-0.3, -0.25) is 0 Å². The lowest BCUT2D eigenvalue weighted by Gasteiger charge is -2.16. The van der Waals surface area contributed by atoms with Gasteiger partial charge in [0.2, 0.25) is 0 Å². The molecule has 4 heteroatoms. The second-order valence-electron chi connectivity index (χ2n) is 2.62. The van der Waals surface area contributed by atoms with Gasteiger partial charge >= 0.3 is 5.97 Å². The van der Waals surface area contributed by atoms with Crippen LogP contribution in [-0.2, 0) is 4.79 Å². The Bertz CT molecular complexity index is 201. The first-order valence-corrected chi connectivity index (χ1v) is 3.74. The van der Waals surface area contributed by atoms with Crippen LogP contribution in [0.4, 0.5) is 0 Å². The van der Waals surface area contributed by atoms with Gasteiger partial charge in [-0.25, -0.2) is 4.79 Å². The van der Waals surface area contributed by atoms with Crippen LogP contribution in [0.2, 0.25) is 0 Å². The molecule has 0 bridgehead atoms. The zero-order valence-corrected chi connectivity index (χ0v) is 7.49. The highest BCUT2D eigenvalue weighted by Gasteiger charge is 2.09. The van der Waals surface area contributed by atoms with Crippen LogP contribution in [0.25, 0.3) is 0 Å². The van der Waals surface area contributed by atoms with E-state index in [1.54, 1.807) is 0 Å². The minimum absolute atomic E-state index is 0. The summed E-state index contributed by atoms with van der Waals surface area (Å²) >= 11 is 0. The molecule has 68 valence electrons. The zero-order valence-electron chi connectivity index (χ0n) is 6.67. The summed E-state index contributed by atoms with van der Waals surface area (Å²) in [6, 6.07) is 0. The third kappa shape index (κ3) is 4.22. The summed E-state index contributed by atoms with van der Waals surface area (Å²) in [7, 11) is 0. The van der Waals surface area contributed by atoms with Crippen LogP contribution in [0.1, 0.15) is 12.8 Å². The molecule has 1 unspecified atom stereocenters. The summed E-state index contributed by atoms with van der Waals surface area (Å²) in [5, 5.41) is 11.4. The molecule has 1 atom stereocenters. The number of halogens is 1. The standard InChI is InChI=1S/C8H11NO2.ClH/c10-8(11)4-3-7-2-1-5-9-6-7;/h7,9H,1-2,5-6H2,(H,10,11);1H. The monoisotopic (exact) mass is 189 g/mol. The van der Waals surface area contributed by atoms with E-state index >= 15 is 0 Å². The van der Waals surface area contributed by atoms with Crippen molar-refractivity contribution in [1.29, 1.82) is 0 Å². The molecule has 1 heterocycles. The average molecular weight is 190 g/mol. The predicted molar refractivity (Wildman–Crippen MR) is 48.3 cm³/mol. The molecule has 0 saturated carbocycles. The number of piperidine rings is 1. The van der Waals surface area contributed by atoms with E-state index in [1.807, 2.05) is 0 Å². The number of hydrogen-bond acceptors (Lipinski definition) is 2. The summed E-state index contributed by atoms with van der Waals surface area (Å²) in [6.07, 6.45) is 2.12. The summed E-state index contributed by atoms with van der Waals surface area (Å²) in [5.41, 5.74) is 0. The third-order valence-electron chi connectivity index (χ3n) is 1.68. The highest BCUT2D eigenvalue weighted by atomic mass is 35.5. The van der Waals surface area contributed by atoms with E-state index in [-0.39, 0.29) is 18.3 Å². The Balaban J connectivity index is 0.00000121. The molecule has 0 spiro atoms. The molecule has 0 aromatic carbocycles. The molecule has 1 fully saturated rings. The predicted octanol–water partition coefficient (Wildman–Crippen LogP) is 0.496. The Morgan fingerprint density at radius 3 is 2.83 bits per heavy atom. The highest BCUT2D eigenvalue weighted by molar-refractivity contribution is 5.86. The Kier molecular flexibility index (Phi) is 5.52. The van der Waals surface area contributed by atoms with Gasteiger partial charge in [0, 0.05) is 18.4 Å². The Morgan fingerprint density at radius 2 is 2.33 bits per heavy atom. The highest BCUT2D eigenvalue weighted by Crippen LogP contribution is 2.07. The van der Waals surface area contributed by atoms with Crippen molar-refractivity contribution in [3.8, 4) is 11.8 Å². The van der Waals surface area contributed by atoms with Gasteiger partial charge in [0.1, 0.15) is 0 Å². The first kappa shape index (κ1) is 11.3. The molecule has 1 aliphatic heterocycles. The van der Waals surface area contributed by atoms with Crippen LogP contribution >= 0.6 is 12.4 Å². The Labute approximate surface area is 77.9 Å². The number of carbonyl (C=O) groups is 1. The molecule has 0 aromatic heterocycles. The maximum atomic E-state index is 10.0. The fourth-order valence-corrected chi connectivity index (χ4v) is 1.14. The van der Waals surface area contributed by atoms with Crippen LogP contribution in [0.3, 0.4) is 0 Å². The Hall–Kier alpha value is -0.720. The summed E-state index contributed by atoms with van der Waals surface area (Å²) in [4.78, 5) is 10.0. The normalized spacial score (nSPS) is 21.5. The van der Waals surface area contributed by atoms with E-state index < -0.39 is 5.97 Å². The summed E-state index contributed by atoms with van der Waals surface area (Å²) in [5.74, 6) is 4.05. The van der Waals surface area contributed by atoms with Crippen LogP contribution < -0.4 is 5.32 Å². The number of rotatable bonds is 0. The number of hydrogen-bond donors (Lipinski definition) is 2. The molecule has 0 radical (unpaired) electrons. The van der Waals surface area contributed by atoms with Crippen LogP contribution in [0.5, 0.6) is 0 Å². The van der Waals surface area contributed by atoms with Gasteiger partial charge in [0.05, 0.1) is 0 Å². The van der Waals surface area contributed by atoms with Crippen LogP contribution in [0, 0.1) is 17.8 Å². The van der Waals surface area contributed by atoms with Crippen molar-refractivity contribution in [1.82, 2.24) is 5.32 Å². The Morgan fingerprint density at radius 1 is 1.58 bits per heavy atom. The molecule has 1 saturated heterocycles. The smallest absolute Gasteiger partial charge is 0.381 e. The molecule has 2 N–H and O–H groups in total. The fraction of sp³-hybridized carbons (Fsp3) is 0.625. The molecular formula is C8H12ClNO2. The fourth-order valence-electron chi connectivity index (χ4n) is 1.14. The van der Waals surface area contributed by atoms with Gasteiger partial charge in [0.25, 0.3) is 0 Å². The second-order valence-corrected chi connectivity index (χ2v) is 2.62. The summed E-state index contributed by atoms with van der Waals surface area (Å²) in [6.45, 7) is 1.87. The quantitative estimate of drug-likeness (QED) is 0.546. The molecule has 12 heavy (non-hydrogen) atoms. The van der Waals surface area contributed by atoms with Gasteiger partial charge in [-0.15, -0.1) is 12.4 Å². The van der Waals surface area contributed by atoms with Crippen molar-refractivity contribution in [3.05, 3.63) is 0 Å². The van der Waals surface area contributed by atoms with E-state index in [4.69, 9.17) is 5.11 Å². The van der Waals surface area contributed by atoms with Gasteiger partial charge in [0.15, 0.2) is 0 Å². The SMILES string of the molecule is Cl.O=C(O)C#CC1CCCNC1. The van der Waals surface area contributed by atoms with E-state index in [2.05, 4.69) is 17.2 Å². The van der Waals surface area contributed by atoms with E-state index in [9.17, 15) is 4.79 Å². The van der Waals surface area contributed by atoms with Crippen molar-refractivity contribution in [2.45, 2.75) is 12.8 Å². The largest absolute Gasteiger partial charge is 0.472 e. The molecule has 0 aliphatic carbocycles. The van der Waals surface area contributed by atoms with E-state index in [0.29, 0.717) is 0 Å². The maximum Gasteiger partial charge on any atom is 0.381 e. The second kappa shape index (κ2) is 5.87. The molecule has 0 aromatic rings. The molecular weight excluding hydrogens is 178 g/mol. The van der Waals surface area contributed by atoms with Gasteiger partial charge in [-0.05, 0) is 19.4 Å². The van der Waals surface area contributed by atoms with E-state index in [1.165, 1.54) is 0 Å². The first-order chi connectivity index (χ1) is 5.29. The number of carboxylic acids is 1. The lowest BCUT2D eigenvalue weighted by atomic mass is 10.0. The molecule has 3 nitrogen and oxygen atoms in total. The lowest BCUT2D eigenvalue weighted by Crippen LogP contribution is -2.28. The van der Waals surface area contributed by atoms with Crippen molar-refractivity contribution in [2.24, 2.45) is 5.92 Å². The van der Waals surface area contributed by atoms with E-state index in [0.717, 1.165) is 25.9 Å². The first-order valence-electron chi connectivity index (χ1n) is 3.74. The number of carboxylic acid groups (broad SMARTS) is 1. The maximum absolute atomic E-state index is 10.0. The van der Waals surface area contributed by atoms with Crippen molar-refractivity contribution in [2.75, 3.05) is 13.1 Å². The molecule has 1 aliphatic rings. The average Bonchev–Trinajstić information content (AvgIpc) is 2.03. The lowest BCUT2D eigenvalue weighted by molar-refractivity contribution is -0.130. The van der Waals surface area contributed by atoms with Crippen molar-refractivity contribution < 1.29 is 9.90 Å². The minimum Gasteiger partial charge on any atom is -0.472 e. The van der Waals surface area contributed by atoms with Crippen molar-refractivity contribution in [3.63, 3.8) is 0 Å². The minimum atomic E-state index is -1.03. The molecule has 1 rings (SSSR count). The summed E-state index contributed by atoms with van der Waals surface area (Å²) < 4.78 is 0.